The Morgan fingerprint density at radius 2 is 1.68 bits per heavy atom. The number of hydrogen-bond donors (Lipinski definition) is 1. The predicted octanol–water partition coefficient (Wildman–Crippen LogP) is 5.74. The first-order valence-electron chi connectivity index (χ1n) is 9.27. The predicted molar refractivity (Wildman–Crippen MR) is 100 cm³/mol. The van der Waals surface area contributed by atoms with Gasteiger partial charge in [0.1, 0.15) is 16.9 Å². The van der Waals surface area contributed by atoms with Crippen LogP contribution < -0.4 is 14.8 Å². The standard InChI is InChI=1S/C20H24F3N3O2/c1-19(2,3)28-17-16(20(21,22)23)12-24-18(26-17)25-13-8-10-15(11-9-13)27-14-6-4-5-7-14/h8-12,14H,4-7H2,1-3H3,(H,24,25,26). The fourth-order valence-corrected chi connectivity index (χ4v) is 2.93. The first-order valence-corrected chi connectivity index (χ1v) is 9.27. The SMILES string of the molecule is CC(C)(C)Oc1nc(Nc2ccc(OC3CCCC3)cc2)ncc1C(F)(F)F. The van der Waals surface area contributed by atoms with Crippen molar-refractivity contribution in [3.05, 3.63) is 36.0 Å². The van der Waals surface area contributed by atoms with Crippen LogP contribution in [0.15, 0.2) is 30.5 Å². The Morgan fingerprint density at radius 3 is 2.25 bits per heavy atom. The number of hydrogen-bond acceptors (Lipinski definition) is 5. The summed E-state index contributed by atoms with van der Waals surface area (Å²) < 4.78 is 50.9. The van der Waals surface area contributed by atoms with Gasteiger partial charge >= 0.3 is 6.18 Å². The largest absolute Gasteiger partial charge is 0.490 e. The van der Waals surface area contributed by atoms with Gasteiger partial charge in [-0.3, -0.25) is 0 Å². The number of halogens is 3. The molecule has 2 aromatic rings. The van der Waals surface area contributed by atoms with E-state index in [1.165, 1.54) is 12.8 Å². The van der Waals surface area contributed by atoms with Crippen LogP contribution in [-0.4, -0.2) is 21.7 Å². The molecule has 28 heavy (non-hydrogen) atoms. The summed E-state index contributed by atoms with van der Waals surface area (Å²) >= 11 is 0. The Morgan fingerprint density at radius 1 is 1.04 bits per heavy atom. The Kier molecular flexibility index (Phi) is 5.67. The van der Waals surface area contributed by atoms with Gasteiger partial charge in [-0.15, -0.1) is 0 Å². The van der Waals surface area contributed by atoms with Gasteiger partial charge in [0.25, 0.3) is 0 Å². The van der Waals surface area contributed by atoms with Crippen molar-refractivity contribution in [3.8, 4) is 11.6 Å². The molecule has 1 aromatic carbocycles. The smallest absolute Gasteiger partial charge is 0.423 e. The molecule has 0 atom stereocenters. The van der Waals surface area contributed by atoms with E-state index >= 15 is 0 Å². The number of aromatic nitrogens is 2. The van der Waals surface area contributed by atoms with Gasteiger partial charge in [0.15, 0.2) is 0 Å². The van der Waals surface area contributed by atoms with Gasteiger partial charge in [-0.25, -0.2) is 4.98 Å². The number of nitrogens with one attached hydrogen (secondary N) is 1. The van der Waals surface area contributed by atoms with Gasteiger partial charge in [0.05, 0.1) is 6.10 Å². The van der Waals surface area contributed by atoms with Crippen LogP contribution in [0.25, 0.3) is 0 Å². The second-order valence-electron chi connectivity index (χ2n) is 7.80. The molecule has 1 heterocycles. The van der Waals surface area contributed by atoms with Crippen molar-refractivity contribution in [2.24, 2.45) is 0 Å². The molecule has 0 aliphatic heterocycles. The molecule has 1 N–H and O–H groups in total. The van der Waals surface area contributed by atoms with Crippen LogP contribution in [0.2, 0.25) is 0 Å². The Hall–Kier alpha value is -2.51. The van der Waals surface area contributed by atoms with Crippen molar-refractivity contribution in [3.63, 3.8) is 0 Å². The van der Waals surface area contributed by atoms with Crippen molar-refractivity contribution < 1.29 is 22.6 Å². The Labute approximate surface area is 162 Å². The molecule has 0 radical (unpaired) electrons. The summed E-state index contributed by atoms with van der Waals surface area (Å²) in [6.07, 6.45) is 0.899. The number of nitrogens with zero attached hydrogens (tertiary/aromatic N) is 2. The molecule has 152 valence electrons. The van der Waals surface area contributed by atoms with E-state index in [1.54, 1.807) is 32.9 Å². The van der Waals surface area contributed by atoms with Crippen molar-refractivity contribution >= 4 is 11.6 Å². The van der Waals surface area contributed by atoms with Crippen molar-refractivity contribution in [1.29, 1.82) is 0 Å². The maximum atomic E-state index is 13.2. The number of benzene rings is 1. The second kappa shape index (κ2) is 7.85. The van der Waals surface area contributed by atoms with Crippen LogP contribution in [0.5, 0.6) is 11.6 Å². The van der Waals surface area contributed by atoms with E-state index in [-0.39, 0.29) is 12.1 Å². The van der Waals surface area contributed by atoms with Crippen LogP contribution >= 0.6 is 0 Å². The van der Waals surface area contributed by atoms with E-state index < -0.39 is 23.2 Å². The molecule has 1 saturated carbocycles. The van der Waals surface area contributed by atoms with E-state index in [4.69, 9.17) is 9.47 Å². The molecule has 0 bridgehead atoms. The number of anilines is 2. The van der Waals surface area contributed by atoms with Crippen LogP contribution in [0, 0.1) is 0 Å². The molecule has 0 saturated heterocycles. The third-order valence-corrected chi connectivity index (χ3v) is 4.18. The molecule has 8 heteroatoms. The third-order valence-electron chi connectivity index (χ3n) is 4.18. The molecule has 1 aromatic heterocycles. The summed E-state index contributed by atoms with van der Waals surface area (Å²) in [4.78, 5) is 7.71. The number of alkyl halides is 3. The summed E-state index contributed by atoms with van der Waals surface area (Å²) in [6.45, 7) is 4.97. The van der Waals surface area contributed by atoms with Gasteiger partial charge in [0.2, 0.25) is 11.8 Å². The van der Waals surface area contributed by atoms with Crippen molar-refractivity contribution in [2.45, 2.75) is 64.3 Å². The summed E-state index contributed by atoms with van der Waals surface area (Å²) in [6, 6.07) is 7.18. The quantitative estimate of drug-likeness (QED) is 0.700. The average molecular weight is 395 g/mol. The highest BCUT2D eigenvalue weighted by Crippen LogP contribution is 2.36. The van der Waals surface area contributed by atoms with Crippen molar-refractivity contribution in [1.82, 2.24) is 9.97 Å². The van der Waals surface area contributed by atoms with Gasteiger partial charge in [-0.05, 0) is 70.7 Å². The molecule has 1 fully saturated rings. The lowest BCUT2D eigenvalue weighted by atomic mass is 10.2. The Balaban J connectivity index is 1.75. The summed E-state index contributed by atoms with van der Waals surface area (Å²) in [5.41, 5.74) is -1.20. The fourth-order valence-electron chi connectivity index (χ4n) is 2.93. The van der Waals surface area contributed by atoms with Gasteiger partial charge in [-0.2, -0.15) is 18.2 Å². The van der Waals surface area contributed by atoms with Gasteiger partial charge in [0, 0.05) is 11.9 Å². The summed E-state index contributed by atoms with van der Waals surface area (Å²) in [5.74, 6) is 0.290. The first-order chi connectivity index (χ1) is 13.1. The number of rotatable bonds is 5. The second-order valence-corrected chi connectivity index (χ2v) is 7.80. The molecule has 5 nitrogen and oxygen atoms in total. The van der Waals surface area contributed by atoms with E-state index in [2.05, 4.69) is 15.3 Å². The van der Waals surface area contributed by atoms with Crippen LogP contribution in [-0.2, 0) is 6.18 Å². The minimum atomic E-state index is -4.60. The van der Waals surface area contributed by atoms with Crippen LogP contribution in [0.4, 0.5) is 24.8 Å². The maximum absolute atomic E-state index is 13.2. The van der Waals surface area contributed by atoms with Crippen molar-refractivity contribution in [2.75, 3.05) is 5.32 Å². The minimum Gasteiger partial charge on any atom is -0.490 e. The fraction of sp³-hybridized carbons (Fsp3) is 0.500. The Bertz CT molecular complexity index is 796. The topological polar surface area (TPSA) is 56.3 Å². The highest BCUT2D eigenvalue weighted by atomic mass is 19.4. The van der Waals surface area contributed by atoms with Gasteiger partial charge < -0.3 is 14.8 Å². The lowest BCUT2D eigenvalue weighted by molar-refractivity contribution is -0.140. The normalized spacial score (nSPS) is 15.5. The molecular formula is C20H24F3N3O2. The third kappa shape index (κ3) is 5.50. The van der Waals surface area contributed by atoms with E-state index in [0.717, 1.165) is 24.8 Å². The lowest BCUT2D eigenvalue weighted by Gasteiger charge is -2.23. The zero-order valence-electron chi connectivity index (χ0n) is 16.1. The molecule has 0 unspecified atom stereocenters. The van der Waals surface area contributed by atoms with Crippen LogP contribution in [0.3, 0.4) is 0 Å². The zero-order chi connectivity index (χ0) is 20.4. The highest BCUT2D eigenvalue weighted by molar-refractivity contribution is 5.55. The van der Waals surface area contributed by atoms with E-state index in [0.29, 0.717) is 5.69 Å². The van der Waals surface area contributed by atoms with E-state index in [1.807, 2.05) is 12.1 Å². The molecule has 0 spiro atoms. The highest BCUT2D eigenvalue weighted by Gasteiger charge is 2.37. The lowest BCUT2D eigenvalue weighted by Crippen LogP contribution is -2.26. The monoisotopic (exact) mass is 395 g/mol. The molecule has 0 amide bonds. The molecule has 1 aliphatic carbocycles. The summed E-state index contributed by atoms with van der Waals surface area (Å²) in [7, 11) is 0. The average Bonchev–Trinajstić information content (AvgIpc) is 3.07. The van der Waals surface area contributed by atoms with Crippen LogP contribution in [0.1, 0.15) is 52.0 Å². The minimum absolute atomic E-state index is 0.0247. The summed E-state index contributed by atoms with van der Waals surface area (Å²) in [5, 5.41) is 2.90. The molecule has 3 rings (SSSR count). The zero-order valence-corrected chi connectivity index (χ0v) is 16.1. The van der Waals surface area contributed by atoms with Gasteiger partial charge in [-0.1, -0.05) is 0 Å². The maximum Gasteiger partial charge on any atom is 0.423 e. The molecule has 1 aliphatic rings. The number of ether oxygens (including phenoxy) is 2. The van der Waals surface area contributed by atoms with E-state index in [9.17, 15) is 13.2 Å². The molecular weight excluding hydrogens is 371 g/mol. The first kappa shape index (κ1) is 20.2.